The third kappa shape index (κ3) is 6.10. The zero-order chi connectivity index (χ0) is 27.8. The van der Waals surface area contributed by atoms with Crippen molar-refractivity contribution in [3.8, 4) is 5.75 Å². The lowest BCUT2D eigenvalue weighted by Gasteiger charge is -2.40. The quantitative estimate of drug-likeness (QED) is 0.441. The van der Waals surface area contributed by atoms with Gasteiger partial charge < -0.3 is 20.3 Å². The van der Waals surface area contributed by atoms with Crippen LogP contribution in [0.3, 0.4) is 0 Å². The molecule has 5 rings (SSSR count). The van der Waals surface area contributed by atoms with Crippen LogP contribution in [0.25, 0.3) is 10.8 Å². The van der Waals surface area contributed by atoms with Gasteiger partial charge in [0, 0.05) is 24.3 Å². The average molecular weight is 541 g/mol. The van der Waals surface area contributed by atoms with Crippen LogP contribution in [-0.2, 0) is 4.79 Å². The van der Waals surface area contributed by atoms with Gasteiger partial charge in [-0.05, 0) is 74.6 Å². The SMILES string of the molecule is CC(C)(Oc1ccc2ccccc2c1)C(=O)N[C@H]1C[C@H]2CC[C@@H](C1)N2c1ccc(C(=O)NCC(F)(F)F)cn1. The minimum Gasteiger partial charge on any atom is -0.478 e. The number of amides is 2. The van der Waals surface area contributed by atoms with Crippen molar-refractivity contribution in [2.24, 2.45) is 0 Å². The monoisotopic (exact) mass is 540 g/mol. The molecule has 0 unspecified atom stereocenters. The molecule has 2 aliphatic heterocycles. The Balaban J connectivity index is 1.18. The average Bonchev–Trinajstić information content (AvgIpc) is 3.16. The van der Waals surface area contributed by atoms with Crippen LogP contribution in [0.15, 0.2) is 60.8 Å². The highest BCUT2D eigenvalue weighted by molar-refractivity contribution is 5.94. The summed E-state index contributed by atoms with van der Waals surface area (Å²) in [5.74, 6) is 0.315. The van der Waals surface area contributed by atoms with Crippen LogP contribution in [0.4, 0.5) is 19.0 Å². The maximum Gasteiger partial charge on any atom is 0.405 e. The van der Waals surface area contributed by atoms with E-state index in [2.05, 4.69) is 15.2 Å². The number of benzene rings is 2. The normalized spacial score (nSPS) is 21.1. The largest absolute Gasteiger partial charge is 0.478 e. The van der Waals surface area contributed by atoms with Crippen LogP contribution >= 0.6 is 0 Å². The van der Waals surface area contributed by atoms with E-state index in [0.717, 1.165) is 36.5 Å². The van der Waals surface area contributed by atoms with E-state index in [0.29, 0.717) is 11.6 Å². The summed E-state index contributed by atoms with van der Waals surface area (Å²) < 4.78 is 43.3. The van der Waals surface area contributed by atoms with Crippen molar-refractivity contribution in [2.75, 3.05) is 11.4 Å². The van der Waals surface area contributed by atoms with E-state index in [9.17, 15) is 22.8 Å². The number of ether oxygens (including phenoxy) is 1. The first-order valence-electron chi connectivity index (χ1n) is 13.1. The number of pyridine rings is 1. The number of halogens is 3. The van der Waals surface area contributed by atoms with Crippen molar-refractivity contribution in [3.63, 3.8) is 0 Å². The van der Waals surface area contributed by atoms with Crippen LogP contribution in [0.5, 0.6) is 5.75 Å². The second-order valence-electron chi connectivity index (χ2n) is 10.8. The lowest BCUT2D eigenvalue weighted by Crippen LogP contribution is -2.55. The molecule has 2 fully saturated rings. The minimum absolute atomic E-state index is 0.0156. The van der Waals surface area contributed by atoms with Gasteiger partial charge >= 0.3 is 6.18 Å². The smallest absolute Gasteiger partial charge is 0.405 e. The summed E-state index contributed by atoms with van der Waals surface area (Å²) in [5, 5.41) is 7.18. The van der Waals surface area contributed by atoms with Gasteiger partial charge in [-0.1, -0.05) is 30.3 Å². The molecule has 2 aromatic carbocycles. The molecule has 206 valence electrons. The van der Waals surface area contributed by atoms with E-state index >= 15 is 0 Å². The number of rotatable bonds is 7. The van der Waals surface area contributed by atoms with Gasteiger partial charge in [-0.25, -0.2) is 4.98 Å². The molecule has 3 atom stereocenters. The second kappa shape index (κ2) is 10.4. The van der Waals surface area contributed by atoms with Crippen LogP contribution in [0.1, 0.15) is 49.9 Å². The maximum atomic E-state index is 13.2. The van der Waals surface area contributed by atoms with Crippen molar-refractivity contribution in [3.05, 3.63) is 66.4 Å². The Kier molecular flexibility index (Phi) is 7.13. The fraction of sp³-hybridized carbons (Fsp3) is 0.414. The number of nitrogens with zero attached hydrogens (tertiary/aromatic N) is 2. The predicted molar refractivity (Wildman–Crippen MR) is 142 cm³/mol. The number of hydrogen-bond acceptors (Lipinski definition) is 5. The van der Waals surface area contributed by atoms with Crippen molar-refractivity contribution in [2.45, 2.75) is 69.4 Å². The summed E-state index contributed by atoms with van der Waals surface area (Å²) in [6, 6.07) is 17.2. The first kappa shape index (κ1) is 26.8. The van der Waals surface area contributed by atoms with E-state index in [1.54, 1.807) is 19.9 Å². The molecule has 0 radical (unpaired) electrons. The molecule has 3 heterocycles. The van der Waals surface area contributed by atoms with Crippen molar-refractivity contribution < 1.29 is 27.5 Å². The van der Waals surface area contributed by atoms with Gasteiger partial charge in [0.2, 0.25) is 0 Å². The molecular formula is C29H31F3N4O3. The van der Waals surface area contributed by atoms with E-state index < -0.39 is 24.2 Å². The highest BCUT2D eigenvalue weighted by Crippen LogP contribution is 2.39. The van der Waals surface area contributed by atoms with Crippen LogP contribution in [0.2, 0.25) is 0 Å². The molecule has 2 N–H and O–H groups in total. The van der Waals surface area contributed by atoms with Gasteiger partial charge in [-0.2, -0.15) is 13.2 Å². The van der Waals surface area contributed by atoms with Gasteiger partial charge in [0.25, 0.3) is 11.8 Å². The summed E-state index contributed by atoms with van der Waals surface area (Å²) in [6.45, 7) is 2.14. The standard InChI is InChI=1S/C29H31F3N4O3/c1-28(2,39-24-11-7-18-5-3-4-6-19(18)13-24)27(38)35-21-14-22-9-10-23(15-21)36(22)25-12-8-20(16-33-25)26(37)34-17-29(30,31)32/h3-8,11-13,16,21-23H,9-10,14-15,17H2,1-2H3,(H,34,37)(H,35,38)/t21-,22+,23-. The lowest BCUT2D eigenvalue weighted by molar-refractivity contribution is -0.135. The first-order chi connectivity index (χ1) is 18.5. The highest BCUT2D eigenvalue weighted by Gasteiger charge is 2.43. The van der Waals surface area contributed by atoms with Gasteiger partial charge in [0.1, 0.15) is 18.1 Å². The van der Waals surface area contributed by atoms with Gasteiger partial charge in [-0.15, -0.1) is 0 Å². The molecule has 3 aromatic rings. The molecule has 2 amide bonds. The number of piperidine rings is 1. The van der Waals surface area contributed by atoms with Crippen LogP contribution in [0, 0.1) is 0 Å². The number of anilines is 1. The van der Waals surface area contributed by atoms with E-state index in [4.69, 9.17) is 4.74 Å². The Labute approximate surface area is 224 Å². The Bertz CT molecular complexity index is 1350. The maximum absolute atomic E-state index is 13.2. The predicted octanol–water partition coefficient (Wildman–Crippen LogP) is 5.00. The molecule has 10 heteroatoms. The van der Waals surface area contributed by atoms with Gasteiger partial charge in [0.15, 0.2) is 5.60 Å². The zero-order valence-electron chi connectivity index (χ0n) is 21.8. The number of fused-ring (bicyclic) bond motifs is 3. The van der Waals surface area contributed by atoms with Gasteiger partial charge in [0.05, 0.1) is 5.56 Å². The highest BCUT2D eigenvalue weighted by atomic mass is 19.4. The first-order valence-corrected chi connectivity index (χ1v) is 13.1. The second-order valence-corrected chi connectivity index (χ2v) is 10.8. The Hall–Kier alpha value is -3.82. The molecule has 0 saturated carbocycles. The Morgan fingerprint density at radius 2 is 1.69 bits per heavy atom. The molecule has 0 spiro atoms. The molecular weight excluding hydrogens is 509 g/mol. The fourth-order valence-corrected chi connectivity index (χ4v) is 5.56. The number of aromatic nitrogens is 1. The number of nitrogens with one attached hydrogen (secondary N) is 2. The third-order valence-corrected chi connectivity index (χ3v) is 7.43. The molecule has 1 aromatic heterocycles. The number of hydrogen-bond donors (Lipinski definition) is 2. The summed E-state index contributed by atoms with van der Waals surface area (Å²) in [4.78, 5) is 31.8. The molecule has 2 aliphatic rings. The van der Waals surface area contributed by atoms with Crippen molar-refractivity contribution >= 4 is 28.4 Å². The Morgan fingerprint density at radius 3 is 2.33 bits per heavy atom. The molecule has 7 nitrogen and oxygen atoms in total. The molecule has 0 aliphatic carbocycles. The third-order valence-electron chi connectivity index (χ3n) is 7.43. The Morgan fingerprint density at radius 1 is 1.00 bits per heavy atom. The number of carbonyl (C=O) groups excluding carboxylic acids is 2. The molecule has 39 heavy (non-hydrogen) atoms. The number of carbonyl (C=O) groups is 2. The lowest BCUT2D eigenvalue weighted by atomic mass is 9.96. The topological polar surface area (TPSA) is 83.6 Å². The summed E-state index contributed by atoms with van der Waals surface area (Å²) >= 11 is 0. The van der Waals surface area contributed by atoms with Crippen molar-refractivity contribution in [1.82, 2.24) is 15.6 Å². The number of alkyl halides is 3. The van der Waals surface area contributed by atoms with E-state index in [-0.39, 0.29) is 29.6 Å². The fourth-order valence-electron chi connectivity index (χ4n) is 5.56. The molecule has 2 saturated heterocycles. The van der Waals surface area contributed by atoms with Crippen LogP contribution in [-0.4, -0.2) is 53.2 Å². The van der Waals surface area contributed by atoms with Gasteiger partial charge in [-0.3, -0.25) is 9.59 Å². The van der Waals surface area contributed by atoms with E-state index in [1.165, 1.54) is 12.3 Å². The zero-order valence-corrected chi connectivity index (χ0v) is 21.8. The van der Waals surface area contributed by atoms with E-state index in [1.807, 2.05) is 47.8 Å². The van der Waals surface area contributed by atoms with Crippen molar-refractivity contribution in [1.29, 1.82) is 0 Å². The summed E-state index contributed by atoms with van der Waals surface area (Å²) in [7, 11) is 0. The minimum atomic E-state index is -4.47. The summed E-state index contributed by atoms with van der Waals surface area (Å²) in [6.07, 6.45) is 0.210. The van der Waals surface area contributed by atoms with Crippen LogP contribution < -0.4 is 20.3 Å². The summed E-state index contributed by atoms with van der Waals surface area (Å²) in [5.41, 5.74) is -0.992. The molecule has 2 bridgehead atoms.